The van der Waals surface area contributed by atoms with Crippen molar-refractivity contribution in [1.29, 1.82) is 0 Å². The summed E-state index contributed by atoms with van der Waals surface area (Å²) in [5.74, 6) is -1.51. The third-order valence-corrected chi connectivity index (χ3v) is 6.75. The molecular weight excluding hydrogens is 454 g/mol. The summed E-state index contributed by atoms with van der Waals surface area (Å²) in [5, 5.41) is 3.98. The predicted octanol–water partition coefficient (Wildman–Crippen LogP) is 4.90. The topological polar surface area (TPSA) is 80.6 Å². The van der Waals surface area contributed by atoms with E-state index >= 15 is 0 Å². The van der Waals surface area contributed by atoms with E-state index in [9.17, 15) is 14.4 Å². The number of aryl methyl sites for hydroxylation is 1. The Kier molecular flexibility index (Phi) is 6.06. The van der Waals surface area contributed by atoms with E-state index in [2.05, 4.69) is 5.32 Å². The van der Waals surface area contributed by atoms with Gasteiger partial charge in [0.25, 0.3) is 5.91 Å². The molecule has 1 aliphatic rings. The molecule has 2 atom stereocenters. The second-order valence-corrected chi connectivity index (χ2v) is 8.93. The lowest BCUT2D eigenvalue weighted by Gasteiger charge is -2.39. The predicted molar refractivity (Wildman–Crippen MR) is 138 cm³/mol. The number of rotatable bonds is 5. The number of esters is 1. The number of nitrogens with one attached hydrogen (secondary N) is 1. The lowest BCUT2D eigenvalue weighted by atomic mass is 9.79. The molecule has 2 heterocycles. The first kappa shape index (κ1) is 23.4. The molecule has 1 N–H and O–H groups in total. The van der Waals surface area contributed by atoms with E-state index in [1.165, 1.54) is 0 Å². The molecule has 0 spiro atoms. The average Bonchev–Trinajstić information content (AvgIpc) is 3.22. The monoisotopic (exact) mass is 481 g/mol. The van der Waals surface area contributed by atoms with E-state index in [4.69, 9.17) is 4.74 Å². The minimum atomic E-state index is -0.666. The first-order chi connectivity index (χ1) is 17.4. The van der Waals surface area contributed by atoms with Crippen LogP contribution in [-0.2, 0) is 16.6 Å². The molecule has 0 saturated heterocycles. The molecule has 1 aromatic heterocycles. The number of carbonyl (C=O) groups excluding carboxylic acids is 3. The molecule has 1 aliphatic heterocycles. The Balaban J connectivity index is 1.60. The lowest BCUT2D eigenvalue weighted by Crippen LogP contribution is -2.44. The first-order valence-electron chi connectivity index (χ1n) is 11.9. The zero-order chi connectivity index (χ0) is 25.4. The number of ether oxygens (including phenoxy) is 1. The van der Waals surface area contributed by atoms with Crippen LogP contribution in [0.15, 0.2) is 79.0 Å². The molecule has 7 heteroatoms. The van der Waals surface area contributed by atoms with Crippen LogP contribution < -0.4 is 5.32 Å². The molecule has 0 saturated carbocycles. The molecule has 2 amide bonds. The molecule has 36 heavy (non-hydrogen) atoms. The zero-order valence-electron chi connectivity index (χ0n) is 20.4. The van der Waals surface area contributed by atoms with Gasteiger partial charge in [-0.3, -0.25) is 9.59 Å². The van der Waals surface area contributed by atoms with Gasteiger partial charge in [-0.25, -0.2) is 4.79 Å². The summed E-state index contributed by atoms with van der Waals surface area (Å²) >= 11 is 0. The Hall–Kier alpha value is -4.39. The molecule has 0 aliphatic carbocycles. The summed E-state index contributed by atoms with van der Waals surface area (Å²) in [5.41, 5.74) is 3.96. The van der Waals surface area contributed by atoms with Gasteiger partial charge in [-0.2, -0.15) is 0 Å². The van der Waals surface area contributed by atoms with Crippen molar-refractivity contribution in [3.8, 4) is 0 Å². The maximum Gasteiger partial charge on any atom is 0.338 e. The molecule has 4 aromatic rings. The van der Waals surface area contributed by atoms with Crippen molar-refractivity contribution in [3.05, 3.63) is 101 Å². The second kappa shape index (κ2) is 9.34. The highest BCUT2D eigenvalue weighted by Crippen LogP contribution is 2.44. The van der Waals surface area contributed by atoms with Crippen molar-refractivity contribution in [3.63, 3.8) is 0 Å². The highest BCUT2D eigenvalue weighted by Gasteiger charge is 2.43. The lowest BCUT2D eigenvalue weighted by molar-refractivity contribution is -0.119. The van der Waals surface area contributed by atoms with Crippen LogP contribution in [0.5, 0.6) is 0 Å². The van der Waals surface area contributed by atoms with Crippen LogP contribution in [0, 0.1) is 0 Å². The van der Waals surface area contributed by atoms with Crippen molar-refractivity contribution in [1.82, 2.24) is 9.47 Å². The largest absolute Gasteiger partial charge is 0.462 e. The number of carbonyl (C=O) groups is 3. The van der Waals surface area contributed by atoms with E-state index in [-0.39, 0.29) is 18.4 Å². The normalized spacial score (nSPS) is 17.1. The second-order valence-electron chi connectivity index (χ2n) is 8.93. The minimum absolute atomic E-state index is 0.128. The zero-order valence-corrected chi connectivity index (χ0v) is 20.4. The van der Waals surface area contributed by atoms with Crippen molar-refractivity contribution in [2.24, 2.45) is 7.05 Å². The van der Waals surface area contributed by atoms with Crippen LogP contribution >= 0.6 is 0 Å². The van der Waals surface area contributed by atoms with Crippen molar-refractivity contribution < 1.29 is 19.1 Å². The Labute approximate surface area is 209 Å². The Morgan fingerprint density at radius 3 is 2.50 bits per heavy atom. The fraction of sp³-hybridized carbons (Fsp3) is 0.207. The number of para-hydroxylation sites is 1. The summed E-state index contributed by atoms with van der Waals surface area (Å²) in [6, 6.07) is 21.4. The average molecular weight is 482 g/mol. The third kappa shape index (κ3) is 3.92. The van der Waals surface area contributed by atoms with Gasteiger partial charge in [-0.1, -0.05) is 42.5 Å². The number of benzene rings is 3. The molecule has 3 aromatic carbocycles. The standard InChI is InChI=1S/C29H27N3O4/c1-4-36-29(35)18-10-9-11-19(16-18)30-27(33)25-21-13-5-6-14-22(21)28(34)32(3)26(25)23-17-31(2)24-15-8-7-12-20(23)24/h5-17,25-26H,4H2,1-3H3,(H,30,33)/t25-,26-/m0/s1. The number of nitrogens with zero attached hydrogens (tertiary/aromatic N) is 2. The quantitative estimate of drug-likeness (QED) is 0.411. The van der Waals surface area contributed by atoms with Gasteiger partial charge in [-0.15, -0.1) is 0 Å². The Morgan fingerprint density at radius 2 is 1.69 bits per heavy atom. The SMILES string of the molecule is CCOC(=O)c1cccc(NC(=O)[C@H]2c3ccccc3C(=O)N(C)[C@H]2c2cn(C)c3ccccc23)c1. The van der Waals surface area contributed by atoms with E-state index in [0.29, 0.717) is 22.4 Å². The van der Waals surface area contributed by atoms with Gasteiger partial charge >= 0.3 is 5.97 Å². The Bertz CT molecular complexity index is 1490. The first-order valence-corrected chi connectivity index (χ1v) is 11.9. The van der Waals surface area contributed by atoms with E-state index in [0.717, 1.165) is 16.5 Å². The van der Waals surface area contributed by atoms with Gasteiger partial charge in [-0.05, 0) is 42.8 Å². The molecule has 0 radical (unpaired) electrons. The number of hydrogen-bond acceptors (Lipinski definition) is 4. The summed E-state index contributed by atoms with van der Waals surface area (Å²) in [6.07, 6.45) is 1.99. The number of likely N-dealkylation sites (N-methyl/N-ethyl adjacent to an activating group) is 1. The maximum absolute atomic E-state index is 13.9. The number of fused-ring (bicyclic) bond motifs is 2. The summed E-state index contributed by atoms with van der Waals surface area (Å²) < 4.78 is 7.11. The number of hydrogen-bond donors (Lipinski definition) is 1. The highest BCUT2D eigenvalue weighted by atomic mass is 16.5. The molecule has 5 rings (SSSR count). The van der Waals surface area contributed by atoms with Gasteiger partial charge in [0.2, 0.25) is 5.91 Å². The molecule has 182 valence electrons. The van der Waals surface area contributed by atoms with E-state index < -0.39 is 17.9 Å². The van der Waals surface area contributed by atoms with Gasteiger partial charge in [0.05, 0.1) is 24.1 Å². The number of anilines is 1. The van der Waals surface area contributed by atoms with Crippen molar-refractivity contribution in [2.45, 2.75) is 18.9 Å². The summed E-state index contributed by atoms with van der Waals surface area (Å²) in [4.78, 5) is 41.2. The van der Waals surface area contributed by atoms with Crippen LogP contribution in [0.25, 0.3) is 10.9 Å². The number of amides is 2. The Morgan fingerprint density at radius 1 is 0.944 bits per heavy atom. The van der Waals surface area contributed by atoms with Gasteiger partial charge in [0, 0.05) is 48.0 Å². The van der Waals surface area contributed by atoms with Crippen LogP contribution in [0.4, 0.5) is 5.69 Å². The van der Waals surface area contributed by atoms with Crippen LogP contribution in [0.2, 0.25) is 0 Å². The van der Waals surface area contributed by atoms with Crippen molar-refractivity contribution in [2.75, 3.05) is 19.0 Å². The smallest absolute Gasteiger partial charge is 0.338 e. The van der Waals surface area contributed by atoms with E-state index in [1.54, 1.807) is 55.3 Å². The maximum atomic E-state index is 13.9. The van der Waals surface area contributed by atoms with Gasteiger partial charge in [0.1, 0.15) is 0 Å². The molecular formula is C29H27N3O4. The molecule has 0 unspecified atom stereocenters. The highest BCUT2D eigenvalue weighted by molar-refractivity contribution is 6.05. The summed E-state index contributed by atoms with van der Waals surface area (Å²) in [7, 11) is 3.70. The van der Waals surface area contributed by atoms with Crippen molar-refractivity contribution >= 4 is 34.4 Å². The molecule has 0 fully saturated rings. The van der Waals surface area contributed by atoms with Crippen LogP contribution in [0.1, 0.15) is 50.7 Å². The van der Waals surface area contributed by atoms with Gasteiger partial charge in [0.15, 0.2) is 0 Å². The fourth-order valence-corrected chi connectivity index (χ4v) is 5.11. The molecule has 7 nitrogen and oxygen atoms in total. The van der Waals surface area contributed by atoms with Gasteiger partial charge < -0.3 is 19.5 Å². The van der Waals surface area contributed by atoms with Crippen LogP contribution in [-0.4, -0.2) is 40.9 Å². The number of aromatic nitrogens is 1. The third-order valence-electron chi connectivity index (χ3n) is 6.75. The van der Waals surface area contributed by atoms with E-state index in [1.807, 2.05) is 54.2 Å². The summed E-state index contributed by atoms with van der Waals surface area (Å²) in [6.45, 7) is 2.01. The fourth-order valence-electron chi connectivity index (χ4n) is 5.11. The molecule has 0 bridgehead atoms. The van der Waals surface area contributed by atoms with Crippen LogP contribution in [0.3, 0.4) is 0 Å². The minimum Gasteiger partial charge on any atom is -0.462 e.